The normalized spacial score (nSPS) is 10.8. The maximum absolute atomic E-state index is 9.17. The number of rotatable bonds is 1. The Balaban J connectivity index is 2.22. The number of fused-ring (bicyclic) bond motifs is 3. The summed E-state index contributed by atoms with van der Waals surface area (Å²) in [6.07, 6.45) is 0. The third-order valence-electron chi connectivity index (χ3n) is 3.82. The molecule has 2 heteroatoms. The van der Waals surface area contributed by atoms with Crippen molar-refractivity contribution in [3.63, 3.8) is 0 Å². The van der Waals surface area contributed by atoms with Crippen molar-refractivity contribution in [3.8, 4) is 11.8 Å². The molecule has 0 saturated heterocycles. The predicted molar refractivity (Wildman–Crippen MR) is 85.5 cm³/mol. The quantitative estimate of drug-likeness (QED) is 0.493. The summed E-state index contributed by atoms with van der Waals surface area (Å²) in [4.78, 5) is 0. The second-order valence-corrected chi connectivity index (χ2v) is 5.03. The van der Waals surface area contributed by atoms with Crippen molar-refractivity contribution in [2.75, 3.05) is 0 Å². The summed E-state index contributed by atoms with van der Waals surface area (Å²) in [5, 5.41) is 11.6. The van der Waals surface area contributed by atoms with Gasteiger partial charge in [-0.1, -0.05) is 42.5 Å². The fourth-order valence-electron chi connectivity index (χ4n) is 2.90. The van der Waals surface area contributed by atoms with Gasteiger partial charge in [0.05, 0.1) is 22.7 Å². The van der Waals surface area contributed by atoms with Crippen LogP contribution >= 0.6 is 0 Å². The second kappa shape index (κ2) is 4.50. The van der Waals surface area contributed by atoms with E-state index in [0.29, 0.717) is 5.56 Å². The molecule has 1 heterocycles. The molecule has 0 N–H and O–H groups in total. The number of nitriles is 1. The molecule has 0 aliphatic carbocycles. The zero-order valence-electron chi connectivity index (χ0n) is 11.3. The zero-order valence-corrected chi connectivity index (χ0v) is 11.3. The van der Waals surface area contributed by atoms with E-state index in [1.54, 1.807) is 0 Å². The van der Waals surface area contributed by atoms with E-state index in [-0.39, 0.29) is 0 Å². The SMILES string of the molecule is N#Cc1ccc2c3ccccc3n(-c3ccccc3)c2c1. The van der Waals surface area contributed by atoms with Gasteiger partial charge in [0, 0.05) is 16.5 Å². The predicted octanol–water partition coefficient (Wildman–Crippen LogP) is 4.66. The molecule has 98 valence electrons. The van der Waals surface area contributed by atoms with Gasteiger partial charge in [-0.3, -0.25) is 0 Å². The lowest BCUT2D eigenvalue weighted by molar-refractivity contribution is 1.18. The molecular formula is C19H12N2. The molecule has 2 nitrogen and oxygen atoms in total. The molecule has 0 bridgehead atoms. The molecule has 0 saturated carbocycles. The van der Waals surface area contributed by atoms with Gasteiger partial charge in [-0.05, 0) is 30.3 Å². The summed E-state index contributed by atoms with van der Waals surface area (Å²) in [7, 11) is 0. The van der Waals surface area contributed by atoms with E-state index in [4.69, 9.17) is 0 Å². The number of hydrogen-bond acceptors (Lipinski definition) is 1. The minimum Gasteiger partial charge on any atom is -0.309 e. The molecule has 0 radical (unpaired) electrons. The van der Waals surface area contributed by atoms with Crippen LogP contribution in [0, 0.1) is 11.3 Å². The Morgan fingerprint density at radius 1 is 0.714 bits per heavy atom. The van der Waals surface area contributed by atoms with Gasteiger partial charge in [0.25, 0.3) is 0 Å². The standard InChI is InChI=1S/C19H12N2/c20-13-14-10-11-17-16-8-4-5-9-18(16)21(19(17)12-14)15-6-2-1-3-7-15/h1-12H. The van der Waals surface area contributed by atoms with E-state index >= 15 is 0 Å². The Kier molecular flexibility index (Phi) is 2.52. The third kappa shape index (κ3) is 1.72. The minimum atomic E-state index is 0.683. The van der Waals surface area contributed by atoms with Gasteiger partial charge in [-0.25, -0.2) is 0 Å². The lowest BCUT2D eigenvalue weighted by Crippen LogP contribution is -1.93. The lowest BCUT2D eigenvalue weighted by atomic mass is 10.1. The number of para-hydroxylation sites is 2. The average molecular weight is 268 g/mol. The van der Waals surface area contributed by atoms with E-state index < -0.39 is 0 Å². The smallest absolute Gasteiger partial charge is 0.0992 e. The summed E-state index contributed by atoms with van der Waals surface area (Å²) in [5.74, 6) is 0. The van der Waals surface area contributed by atoms with Crippen LogP contribution in [0.2, 0.25) is 0 Å². The minimum absolute atomic E-state index is 0.683. The highest BCUT2D eigenvalue weighted by Crippen LogP contribution is 2.32. The highest BCUT2D eigenvalue weighted by atomic mass is 15.0. The van der Waals surface area contributed by atoms with Crippen molar-refractivity contribution >= 4 is 21.8 Å². The van der Waals surface area contributed by atoms with Gasteiger partial charge < -0.3 is 4.57 Å². The molecule has 3 aromatic carbocycles. The molecule has 0 unspecified atom stereocenters. The highest BCUT2D eigenvalue weighted by Gasteiger charge is 2.11. The summed E-state index contributed by atoms with van der Waals surface area (Å²) in [6.45, 7) is 0. The Hall–Kier alpha value is -3.05. The summed E-state index contributed by atoms with van der Waals surface area (Å²) in [5.41, 5.74) is 4.02. The van der Waals surface area contributed by atoms with Crippen LogP contribution in [0.15, 0.2) is 72.8 Å². The topological polar surface area (TPSA) is 28.7 Å². The van der Waals surface area contributed by atoms with Crippen molar-refractivity contribution in [2.45, 2.75) is 0 Å². The van der Waals surface area contributed by atoms with Crippen LogP contribution in [-0.4, -0.2) is 4.57 Å². The molecule has 0 spiro atoms. The van der Waals surface area contributed by atoms with Gasteiger partial charge in [-0.15, -0.1) is 0 Å². The first-order chi connectivity index (χ1) is 10.4. The monoisotopic (exact) mass is 268 g/mol. The van der Waals surface area contributed by atoms with Crippen molar-refractivity contribution in [3.05, 3.63) is 78.4 Å². The molecular weight excluding hydrogens is 256 g/mol. The Labute approximate surface area is 122 Å². The van der Waals surface area contributed by atoms with Crippen LogP contribution in [0.3, 0.4) is 0 Å². The number of hydrogen-bond donors (Lipinski definition) is 0. The average Bonchev–Trinajstić information content (AvgIpc) is 2.89. The lowest BCUT2D eigenvalue weighted by Gasteiger charge is -2.07. The van der Waals surface area contributed by atoms with Gasteiger partial charge in [0.1, 0.15) is 0 Å². The maximum Gasteiger partial charge on any atom is 0.0992 e. The van der Waals surface area contributed by atoms with Crippen LogP contribution in [0.5, 0.6) is 0 Å². The zero-order chi connectivity index (χ0) is 14.2. The second-order valence-electron chi connectivity index (χ2n) is 5.03. The van der Waals surface area contributed by atoms with Crippen LogP contribution in [-0.2, 0) is 0 Å². The summed E-state index contributed by atoms with van der Waals surface area (Å²) < 4.78 is 2.21. The molecule has 21 heavy (non-hydrogen) atoms. The first-order valence-electron chi connectivity index (χ1n) is 6.87. The van der Waals surface area contributed by atoms with Gasteiger partial charge in [0.2, 0.25) is 0 Å². The van der Waals surface area contributed by atoms with E-state index in [2.05, 4.69) is 41.0 Å². The fraction of sp³-hybridized carbons (Fsp3) is 0. The number of nitrogens with zero attached hydrogens (tertiary/aromatic N) is 2. The van der Waals surface area contributed by atoms with Crippen molar-refractivity contribution in [2.24, 2.45) is 0 Å². The van der Waals surface area contributed by atoms with Crippen LogP contribution < -0.4 is 0 Å². The fourth-order valence-corrected chi connectivity index (χ4v) is 2.90. The Morgan fingerprint density at radius 2 is 1.43 bits per heavy atom. The maximum atomic E-state index is 9.17. The molecule has 0 aliphatic rings. The molecule has 0 aliphatic heterocycles. The molecule has 1 aromatic heterocycles. The Morgan fingerprint density at radius 3 is 2.24 bits per heavy atom. The van der Waals surface area contributed by atoms with E-state index in [1.807, 2.05) is 42.5 Å². The Bertz CT molecular complexity index is 989. The molecule has 4 aromatic rings. The van der Waals surface area contributed by atoms with Crippen molar-refractivity contribution in [1.82, 2.24) is 4.57 Å². The molecule has 0 atom stereocenters. The van der Waals surface area contributed by atoms with Crippen LogP contribution in [0.1, 0.15) is 5.56 Å². The molecule has 0 amide bonds. The van der Waals surface area contributed by atoms with Gasteiger partial charge in [-0.2, -0.15) is 5.26 Å². The number of benzene rings is 3. The highest BCUT2D eigenvalue weighted by molar-refractivity contribution is 6.09. The van der Waals surface area contributed by atoms with Gasteiger partial charge in [0.15, 0.2) is 0 Å². The van der Waals surface area contributed by atoms with E-state index in [9.17, 15) is 5.26 Å². The van der Waals surface area contributed by atoms with Gasteiger partial charge >= 0.3 is 0 Å². The third-order valence-corrected chi connectivity index (χ3v) is 3.82. The molecule has 0 fully saturated rings. The summed E-state index contributed by atoms with van der Waals surface area (Å²) in [6, 6.07) is 26.7. The first kappa shape index (κ1) is 11.7. The number of aromatic nitrogens is 1. The van der Waals surface area contributed by atoms with Crippen LogP contribution in [0.25, 0.3) is 27.5 Å². The van der Waals surface area contributed by atoms with Crippen LogP contribution in [0.4, 0.5) is 0 Å². The largest absolute Gasteiger partial charge is 0.309 e. The van der Waals surface area contributed by atoms with E-state index in [1.165, 1.54) is 10.8 Å². The summed E-state index contributed by atoms with van der Waals surface area (Å²) >= 11 is 0. The van der Waals surface area contributed by atoms with E-state index in [0.717, 1.165) is 16.7 Å². The van der Waals surface area contributed by atoms with Crippen molar-refractivity contribution in [1.29, 1.82) is 5.26 Å². The van der Waals surface area contributed by atoms with Crippen molar-refractivity contribution < 1.29 is 0 Å². The molecule has 4 rings (SSSR count). The first-order valence-corrected chi connectivity index (χ1v) is 6.87.